The van der Waals surface area contributed by atoms with Gasteiger partial charge in [0.05, 0.1) is 17.7 Å². The normalized spacial score (nSPS) is 12.0. The Balaban J connectivity index is 1.72. The summed E-state index contributed by atoms with van der Waals surface area (Å²) in [6, 6.07) is 19.3. The number of hydrogen-bond donors (Lipinski definition) is 2. The monoisotopic (exact) mass is 460 g/mol. The Morgan fingerprint density at radius 3 is 2.48 bits per heavy atom. The van der Waals surface area contributed by atoms with Crippen LogP contribution in [0.2, 0.25) is 5.02 Å². The van der Waals surface area contributed by atoms with E-state index < -0.39 is 22.0 Å². The number of para-hydroxylation sites is 2. The first-order chi connectivity index (χ1) is 14.8. The zero-order valence-electron chi connectivity index (χ0n) is 16.8. The Labute approximate surface area is 186 Å². The molecule has 1 atom stereocenters. The summed E-state index contributed by atoms with van der Waals surface area (Å²) >= 11 is 5.92. The molecule has 0 aliphatic carbocycles. The number of rotatable bonds is 8. The van der Waals surface area contributed by atoms with Crippen molar-refractivity contribution in [1.82, 2.24) is 0 Å². The van der Waals surface area contributed by atoms with Gasteiger partial charge in [-0.05, 0) is 55.5 Å². The van der Waals surface area contributed by atoms with Crippen molar-refractivity contribution in [1.29, 1.82) is 0 Å². The van der Waals surface area contributed by atoms with Gasteiger partial charge >= 0.3 is 0 Å². The zero-order valence-corrected chi connectivity index (χ0v) is 18.4. The second-order valence-corrected chi connectivity index (χ2v) is 8.66. The van der Waals surface area contributed by atoms with Crippen LogP contribution in [0.15, 0.2) is 77.7 Å². The molecule has 7 nitrogen and oxygen atoms in total. The minimum Gasteiger partial charge on any atom is -0.495 e. The molecule has 3 aromatic carbocycles. The number of ether oxygens (including phenoxy) is 2. The molecular weight excluding hydrogens is 440 g/mol. The molecule has 0 fully saturated rings. The molecule has 0 saturated heterocycles. The number of amides is 1. The van der Waals surface area contributed by atoms with E-state index in [4.69, 9.17) is 21.1 Å². The highest BCUT2D eigenvalue weighted by Gasteiger charge is 2.19. The first-order valence-electron chi connectivity index (χ1n) is 9.27. The second kappa shape index (κ2) is 9.72. The molecule has 2 N–H and O–H groups in total. The van der Waals surface area contributed by atoms with E-state index in [0.717, 1.165) is 0 Å². The Kier molecular flexibility index (Phi) is 7.04. The van der Waals surface area contributed by atoms with Crippen molar-refractivity contribution < 1.29 is 22.7 Å². The van der Waals surface area contributed by atoms with Gasteiger partial charge in [-0.15, -0.1) is 0 Å². The fourth-order valence-corrected chi connectivity index (χ4v) is 4.01. The number of carbonyl (C=O) groups is 1. The lowest BCUT2D eigenvalue weighted by Crippen LogP contribution is -2.30. The lowest BCUT2D eigenvalue weighted by atomic mass is 10.3. The van der Waals surface area contributed by atoms with E-state index in [1.165, 1.54) is 25.3 Å². The Hall–Kier alpha value is -3.23. The molecule has 31 heavy (non-hydrogen) atoms. The molecule has 9 heteroatoms. The van der Waals surface area contributed by atoms with E-state index >= 15 is 0 Å². The number of methoxy groups -OCH3 is 1. The van der Waals surface area contributed by atoms with Crippen LogP contribution >= 0.6 is 11.6 Å². The number of anilines is 2. The third-order valence-electron chi connectivity index (χ3n) is 4.24. The maximum atomic E-state index is 12.8. The van der Waals surface area contributed by atoms with Gasteiger partial charge in [0, 0.05) is 10.7 Å². The Morgan fingerprint density at radius 1 is 1.00 bits per heavy atom. The molecule has 1 unspecified atom stereocenters. The molecule has 162 valence electrons. The van der Waals surface area contributed by atoms with Crippen LogP contribution in [0, 0.1) is 0 Å². The van der Waals surface area contributed by atoms with Crippen LogP contribution in [0.5, 0.6) is 11.5 Å². The number of sulfonamides is 1. The topological polar surface area (TPSA) is 93.7 Å². The lowest BCUT2D eigenvalue weighted by molar-refractivity contribution is -0.122. The smallest absolute Gasteiger partial charge is 0.265 e. The van der Waals surface area contributed by atoms with Crippen molar-refractivity contribution in [2.45, 2.75) is 17.9 Å². The summed E-state index contributed by atoms with van der Waals surface area (Å²) in [7, 11) is -2.45. The van der Waals surface area contributed by atoms with E-state index in [-0.39, 0.29) is 4.90 Å². The second-order valence-electron chi connectivity index (χ2n) is 6.54. The first-order valence-corrected chi connectivity index (χ1v) is 11.1. The largest absolute Gasteiger partial charge is 0.495 e. The van der Waals surface area contributed by atoms with Crippen LogP contribution < -0.4 is 19.5 Å². The van der Waals surface area contributed by atoms with Gasteiger partial charge < -0.3 is 14.8 Å². The van der Waals surface area contributed by atoms with E-state index in [1.807, 2.05) is 0 Å². The van der Waals surface area contributed by atoms with Crippen LogP contribution in [0.3, 0.4) is 0 Å². The summed E-state index contributed by atoms with van der Waals surface area (Å²) in [4.78, 5) is 12.5. The number of carbonyl (C=O) groups excluding carboxylic acids is 1. The number of benzene rings is 3. The maximum Gasteiger partial charge on any atom is 0.265 e. The highest BCUT2D eigenvalue weighted by Crippen LogP contribution is 2.27. The van der Waals surface area contributed by atoms with Crippen molar-refractivity contribution in [3.05, 3.63) is 77.8 Å². The number of halogens is 1. The molecule has 0 aliphatic heterocycles. The van der Waals surface area contributed by atoms with Crippen molar-refractivity contribution in [2.75, 3.05) is 17.1 Å². The molecule has 0 radical (unpaired) electrons. The molecular formula is C22H21ClN2O5S. The quantitative estimate of drug-likeness (QED) is 0.514. The van der Waals surface area contributed by atoms with E-state index in [9.17, 15) is 13.2 Å². The molecule has 3 rings (SSSR count). The Morgan fingerprint density at radius 2 is 1.74 bits per heavy atom. The molecule has 0 heterocycles. The minimum atomic E-state index is -3.90. The highest BCUT2D eigenvalue weighted by atomic mass is 35.5. The summed E-state index contributed by atoms with van der Waals surface area (Å²) in [6.07, 6.45) is -0.828. The summed E-state index contributed by atoms with van der Waals surface area (Å²) in [5, 5.41) is 3.15. The molecule has 0 aromatic heterocycles. The summed E-state index contributed by atoms with van der Waals surface area (Å²) < 4.78 is 38.9. The van der Waals surface area contributed by atoms with Gasteiger partial charge in [0.2, 0.25) is 0 Å². The van der Waals surface area contributed by atoms with Crippen molar-refractivity contribution >= 4 is 38.9 Å². The highest BCUT2D eigenvalue weighted by molar-refractivity contribution is 7.92. The lowest BCUT2D eigenvalue weighted by Gasteiger charge is -2.16. The zero-order chi connectivity index (χ0) is 22.4. The molecule has 0 bridgehead atoms. The van der Waals surface area contributed by atoms with Crippen molar-refractivity contribution in [2.24, 2.45) is 0 Å². The molecule has 0 aliphatic rings. The van der Waals surface area contributed by atoms with Gasteiger partial charge in [-0.25, -0.2) is 8.42 Å². The Bertz CT molecular complexity index is 1180. The predicted octanol–water partition coefficient (Wildman–Crippen LogP) is 4.56. The van der Waals surface area contributed by atoms with Gasteiger partial charge in [-0.1, -0.05) is 35.9 Å². The molecule has 1 amide bonds. The number of nitrogens with one attached hydrogen (secondary N) is 2. The van der Waals surface area contributed by atoms with Gasteiger partial charge in [-0.3, -0.25) is 9.52 Å². The first kappa shape index (κ1) is 22.5. The van der Waals surface area contributed by atoms with E-state index in [0.29, 0.717) is 27.9 Å². The van der Waals surface area contributed by atoms with Crippen LogP contribution in [-0.2, 0) is 14.8 Å². The number of hydrogen-bond acceptors (Lipinski definition) is 5. The molecule has 3 aromatic rings. The van der Waals surface area contributed by atoms with Gasteiger partial charge in [0.15, 0.2) is 6.10 Å². The van der Waals surface area contributed by atoms with Gasteiger partial charge in [0.25, 0.3) is 15.9 Å². The van der Waals surface area contributed by atoms with E-state index in [1.54, 1.807) is 61.5 Å². The van der Waals surface area contributed by atoms with E-state index in [2.05, 4.69) is 10.0 Å². The van der Waals surface area contributed by atoms with Crippen LogP contribution in [-0.4, -0.2) is 27.5 Å². The summed E-state index contributed by atoms with van der Waals surface area (Å²) in [5.74, 6) is 0.405. The average Bonchev–Trinajstić information content (AvgIpc) is 2.74. The standard InChI is InChI=1S/C22H21ClN2O5S/c1-15(30-18-9-5-7-16(23)13-18)22(26)24-17-8-6-10-19(14-17)31(27,28)25-20-11-3-4-12-21(20)29-2/h3-15,25H,1-2H3,(H,24,26). The van der Waals surface area contributed by atoms with Crippen LogP contribution in [0.4, 0.5) is 11.4 Å². The maximum absolute atomic E-state index is 12.8. The minimum absolute atomic E-state index is 0.0142. The third-order valence-corrected chi connectivity index (χ3v) is 5.84. The fraction of sp³-hybridized carbons (Fsp3) is 0.136. The predicted molar refractivity (Wildman–Crippen MR) is 120 cm³/mol. The average molecular weight is 461 g/mol. The van der Waals surface area contributed by atoms with Crippen molar-refractivity contribution in [3.8, 4) is 11.5 Å². The summed E-state index contributed by atoms with van der Waals surface area (Å²) in [5.41, 5.74) is 0.623. The third kappa shape index (κ3) is 5.90. The summed E-state index contributed by atoms with van der Waals surface area (Å²) in [6.45, 7) is 1.58. The van der Waals surface area contributed by atoms with Crippen molar-refractivity contribution in [3.63, 3.8) is 0 Å². The fourth-order valence-electron chi connectivity index (χ4n) is 2.72. The SMILES string of the molecule is COc1ccccc1NS(=O)(=O)c1cccc(NC(=O)C(C)Oc2cccc(Cl)c2)c1. The van der Waals surface area contributed by atoms with Gasteiger partial charge in [0.1, 0.15) is 11.5 Å². The van der Waals surface area contributed by atoms with Gasteiger partial charge in [-0.2, -0.15) is 0 Å². The molecule has 0 spiro atoms. The molecule has 0 saturated carbocycles. The van der Waals surface area contributed by atoms with Crippen LogP contribution in [0.25, 0.3) is 0 Å². The van der Waals surface area contributed by atoms with Crippen LogP contribution in [0.1, 0.15) is 6.92 Å².